The fraction of sp³-hybridized carbons (Fsp3) is 0.250. The number of hydrogen-bond donors (Lipinski definition) is 6. The van der Waals surface area contributed by atoms with E-state index in [1.165, 1.54) is 58.6 Å². The molecule has 0 spiro atoms. The number of pyridine rings is 1. The average Bonchev–Trinajstić information content (AvgIpc) is 2.86. The van der Waals surface area contributed by atoms with E-state index in [0.29, 0.717) is 28.0 Å². The molecule has 0 radical (unpaired) electrons. The molecule has 4 heterocycles. The number of nitrogens with one attached hydrogen (secondary N) is 2. The van der Waals surface area contributed by atoms with Crippen molar-refractivity contribution >= 4 is 64.8 Å². The third-order valence-electron chi connectivity index (χ3n) is 5.02. The number of carbonyl (C=O) groups is 3. The van der Waals surface area contributed by atoms with E-state index in [1.807, 2.05) is 12.3 Å². The smallest absolute Gasteiger partial charge is 0.353 e. The van der Waals surface area contributed by atoms with Crippen molar-refractivity contribution in [1.82, 2.24) is 25.0 Å². The summed E-state index contributed by atoms with van der Waals surface area (Å²) in [5, 5.41) is 24.8. The number of hydrazine groups is 1. The molecule has 36 heavy (non-hydrogen) atoms. The lowest BCUT2D eigenvalue weighted by molar-refractivity contribution is -0.150. The second-order valence-corrected chi connectivity index (χ2v) is 10.7. The van der Waals surface area contributed by atoms with Gasteiger partial charge in [-0.05, 0) is 36.2 Å². The number of fused-ring (bicyclic) bond motifs is 1. The first kappa shape index (κ1) is 25.7. The molecule has 0 aliphatic carbocycles. The zero-order valence-corrected chi connectivity index (χ0v) is 21.0. The summed E-state index contributed by atoms with van der Waals surface area (Å²) in [6.45, 7) is 0.506. The summed E-state index contributed by atoms with van der Waals surface area (Å²) in [4.78, 5) is 43.4. The van der Waals surface area contributed by atoms with Gasteiger partial charge in [-0.1, -0.05) is 23.0 Å². The van der Waals surface area contributed by atoms with E-state index in [1.54, 1.807) is 10.5 Å². The van der Waals surface area contributed by atoms with Crippen molar-refractivity contribution in [2.24, 2.45) is 10.9 Å². The first-order chi connectivity index (χ1) is 17.3. The van der Waals surface area contributed by atoms with Crippen LogP contribution in [0.4, 0.5) is 5.82 Å². The molecule has 1 aromatic rings. The normalized spacial score (nSPS) is 21.4. The van der Waals surface area contributed by atoms with Gasteiger partial charge in [0.25, 0.3) is 11.8 Å². The third kappa shape index (κ3) is 5.25. The lowest BCUT2D eigenvalue weighted by Gasteiger charge is -2.49. The van der Waals surface area contributed by atoms with E-state index in [2.05, 4.69) is 20.9 Å². The summed E-state index contributed by atoms with van der Waals surface area (Å²) < 4.78 is 1.77. The lowest BCUT2D eigenvalue weighted by atomic mass is 10.0. The molecule has 4 rings (SSSR count). The first-order valence-electron chi connectivity index (χ1n) is 10.5. The molecule has 3 aliphatic rings. The number of carbonyl (C=O) groups excluding carboxylic acids is 2. The van der Waals surface area contributed by atoms with Gasteiger partial charge in [-0.25, -0.2) is 14.2 Å². The second-order valence-electron chi connectivity index (χ2n) is 7.37. The number of carboxylic acids is 1. The summed E-state index contributed by atoms with van der Waals surface area (Å²) in [5.74, 6) is -1.54. The Kier molecular flexibility index (Phi) is 7.97. The highest BCUT2D eigenvalue weighted by Crippen LogP contribution is 2.45. The van der Waals surface area contributed by atoms with Crippen LogP contribution in [-0.2, 0) is 14.4 Å². The van der Waals surface area contributed by atoms with E-state index in [9.17, 15) is 24.7 Å². The number of rotatable bonds is 9. The standard InChI is InChI=1S/C20H22N8O5S3/c21-6-8-35-27-7-2-5-13(25-27)36-11-9-34-19-15(18(30)28(19)16(11)20(31)32)24-17(29)14(26-33)10-3-1-4-12(22)23-10/h1-5,7,15,19,25,33H,6,8-9,21H2,(H2,22,23)(H,24,29)(H,31,32)/b26-14-/t15-,19+/m1/s1. The van der Waals surface area contributed by atoms with Gasteiger partial charge < -0.3 is 27.1 Å². The number of aliphatic carboxylic acids is 1. The molecule has 0 bridgehead atoms. The maximum Gasteiger partial charge on any atom is 0.353 e. The number of anilines is 1. The van der Waals surface area contributed by atoms with Crippen LogP contribution in [0.15, 0.2) is 57.3 Å². The zero-order chi connectivity index (χ0) is 25.8. The van der Waals surface area contributed by atoms with Crippen LogP contribution in [0.25, 0.3) is 0 Å². The fourth-order valence-electron chi connectivity index (χ4n) is 3.48. The van der Waals surface area contributed by atoms with E-state index < -0.39 is 34.9 Å². The van der Waals surface area contributed by atoms with Crippen LogP contribution in [0.3, 0.4) is 0 Å². The van der Waals surface area contributed by atoms with Crippen LogP contribution in [0.2, 0.25) is 0 Å². The number of amides is 2. The van der Waals surface area contributed by atoms with Crippen LogP contribution in [-0.4, -0.2) is 77.6 Å². The van der Waals surface area contributed by atoms with Gasteiger partial charge in [0.1, 0.15) is 28.6 Å². The predicted octanol–water partition coefficient (Wildman–Crippen LogP) is 0.0536. The number of thioether (sulfide) groups is 2. The number of oxime groups is 1. The van der Waals surface area contributed by atoms with Crippen molar-refractivity contribution in [1.29, 1.82) is 0 Å². The van der Waals surface area contributed by atoms with Crippen molar-refractivity contribution in [3.8, 4) is 0 Å². The number of nitrogens with two attached hydrogens (primary N) is 2. The Bertz CT molecular complexity index is 1200. The van der Waals surface area contributed by atoms with Gasteiger partial charge in [0, 0.05) is 29.2 Å². The summed E-state index contributed by atoms with van der Waals surface area (Å²) in [7, 11) is 0. The SMILES string of the molecule is NCCSN1C=CC=C(SC2=C(C(=O)O)N3C(=O)[C@@H](NC(=O)/C(=N\O)c4cccc(N)n4)[C@@H]3SC2)N1. The minimum Gasteiger partial charge on any atom is -0.477 e. The predicted molar refractivity (Wildman–Crippen MR) is 138 cm³/mol. The summed E-state index contributed by atoms with van der Waals surface area (Å²) in [5.41, 5.74) is 13.8. The van der Waals surface area contributed by atoms with E-state index >= 15 is 0 Å². The maximum absolute atomic E-state index is 12.9. The maximum atomic E-state index is 12.9. The second kappa shape index (κ2) is 11.2. The Morgan fingerprint density at radius 1 is 1.39 bits per heavy atom. The van der Waals surface area contributed by atoms with Crippen LogP contribution < -0.4 is 22.2 Å². The molecule has 1 fully saturated rings. The molecule has 0 saturated carbocycles. The molecular formula is C20H22N8O5S3. The van der Waals surface area contributed by atoms with Crippen LogP contribution in [0.5, 0.6) is 0 Å². The Morgan fingerprint density at radius 2 is 2.19 bits per heavy atom. The highest BCUT2D eigenvalue weighted by atomic mass is 32.2. The van der Waals surface area contributed by atoms with Crippen molar-refractivity contribution in [2.75, 3.05) is 23.8 Å². The van der Waals surface area contributed by atoms with Crippen LogP contribution >= 0.6 is 35.5 Å². The molecule has 190 valence electrons. The number of carboxylic acid groups (broad SMARTS) is 1. The molecule has 0 unspecified atom stereocenters. The molecule has 8 N–H and O–H groups in total. The van der Waals surface area contributed by atoms with Crippen molar-refractivity contribution in [3.05, 3.63) is 57.9 Å². The highest BCUT2D eigenvalue weighted by Gasteiger charge is 2.54. The molecule has 3 aliphatic heterocycles. The molecule has 2 amide bonds. The first-order valence-corrected chi connectivity index (χ1v) is 13.3. The lowest BCUT2D eigenvalue weighted by Crippen LogP contribution is -2.71. The number of β-lactam (4-membered cyclic amide) rings is 1. The van der Waals surface area contributed by atoms with Gasteiger partial charge >= 0.3 is 5.97 Å². The average molecular weight is 551 g/mol. The van der Waals surface area contributed by atoms with Gasteiger partial charge in [0.2, 0.25) is 0 Å². The molecular weight excluding hydrogens is 528 g/mol. The van der Waals surface area contributed by atoms with E-state index in [0.717, 1.165) is 0 Å². The van der Waals surface area contributed by atoms with Crippen LogP contribution in [0, 0.1) is 0 Å². The quantitative estimate of drug-likeness (QED) is 0.0793. The minimum atomic E-state index is -1.25. The van der Waals surface area contributed by atoms with Crippen molar-refractivity contribution < 1.29 is 24.7 Å². The molecule has 0 aromatic carbocycles. The Hall–Kier alpha value is -3.34. The fourth-order valence-corrected chi connectivity index (χ4v) is 6.63. The van der Waals surface area contributed by atoms with Crippen molar-refractivity contribution in [2.45, 2.75) is 11.4 Å². The van der Waals surface area contributed by atoms with Gasteiger partial charge in [-0.15, -0.1) is 11.8 Å². The summed E-state index contributed by atoms with van der Waals surface area (Å²) >= 11 is 4.00. The van der Waals surface area contributed by atoms with Gasteiger partial charge in [0.15, 0.2) is 5.71 Å². The Labute approximate surface area is 218 Å². The van der Waals surface area contributed by atoms with E-state index in [-0.39, 0.29) is 17.2 Å². The molecule has 13 nitrogen and oxygen atoms in total. The van der Waals surface area contributed by atoms with Gasteiger partial charge in [0.05, 0.1) is 5.03 Å². The number of hydrogen-bond acceptors (Lipinski definition) is 13. The number of nitrogens with zero attached hydrogens (tertiary/aromatic N) is 4. The zero-order valence-electron chi connectivity index (χ0n) is 18.5. The monoisotopic (exact) mass is 550 g/mol. The summed E-state index contributed by atoms with van der Waals surface area (Å²) in [6, 6.07) is 3.47. The van der Waals surface area contributed by atoms with Crippen molar-refractivity contribution in [3.63, 3.8) is 0 Å². The highest BCUT2D eigenvalue weighted by molar-refractivity contribution is 8.09. The van der Waals surface area contributed by atoms with Gasteiger partial charge in [-0.2, -0.15) is 0 Å². The third-order valence-corrected chi connectivity index (χ3v) is 8.43. The molecule has 16 heteroatoms. The van der Waals surface area contributed by atoms with E-state index in [4.69, 9.17) is 11.5 Å². The number of nitrogen functional groups attached to an aromatic ring is 1. The minimum absolute atomic E-state index is 0.0284. The van der Waals surface area contributed by atoms with Gasteiger partial charge in [-0.3, -0.25) is 19.9 Å². The Balaban J connectivity index is 1.47. The largest absolute Gasteiger partial charge is 0.477 e. The molecule has 1 aromatic heterocycles. The Morgan fingerprint density at radius 3 is 2.89 bits per heavy atom. The molecule has 1 saturated heterocycles. The molecule has 2 atom stereocenters. The van der Waals surface area contributed by atoms with Crippen LogP contribution in [0.1, 0.15) is 5.69 Å². The topological polar surface area (TPSA) is 199 Å². The summed E-state index contributed by atoms with van der Waals surface area (Å²) in [6.07, 6.45) is 5.43. The number of aromatic nitrogens is 1. The number of allylic oxidation sites excluding steroid dienone is 2.